The molecule has 0 bridgehead atoms. The maximum atomic E-state index is 5.73. The third-order valence-corrected chi connectivity index (χ3v) is 4.57. The number of benzene rings is 2. The van der Waals surface area contributed by atoms with Gasteiger partial charge in [-0.05, 0) is 43.3 Å². The smallest absolute Gasteiger partial charge is 0.124 e. The Kier molecular flexibility index (Phi) is 3.59. The summed E-state index contributed by atoms with van der Waals surface area (Å²) in [5, 5.41) is 1.03. The van der Waals surface area contributed by atoms with Gasteiger partial charge in [-0.25, -0.2) is 4.98 Å². The molecule has 0 saturated carbocycles. The van der Waals surface area contributed by atoms with Crippen molar-refractivity contribution in [3.05, 3.63) is 57.9 Å². The second kappa shape index (κ2) is 5.38. The van der Waals surface area contributed by atoms with E-state index in [0.717, 1.165) is 32.0 Å². The van der Waals surface area contributed by atoms with Gasteiger partial charge in [0, 0.05) is 26.2 Å². The van der Waals surface area contributed by atoms with E-state index in [1.165, 1.54) is 4.88 Å². The predicted octanol–water partition coefficient (Wildman–Crippen LogP) is 5.13. The number of nitrogens with zero attached hydrogens (tertiary/aromatic N) is 1. The van der Waals surface area contributed by atoms with Gasteiger partial charge in [0.05, 0.1) is 5.69 Å². The highest BCUT2D eigenvalue weighted by molar-refractivity contribution is 9.10. The number of halogens is 1. The van der Waals surface area contributed by atoms with Gasteiger partial charge in [-0.2, -0.15) is 0 Å². The van der Waals surface area contributed by atoms with Crippen molar-refractivity contribution in [2.75, 3.05) is 5.73 Å². The lowest BCUT2D eigenvalue weighted by molar-refractivity contribution is 1.37. The van der Waals surface area contributed by atoms with Crippen molar-refractivity contribution in [2.24, 2.45) is 0 Å². The van der Waals surface area contributed by atoms with Crippen LogP contribution in [0.15, 0.2) is 53.0 Å². The first kappa shape index (κ1) is 13.3. The van der Waals surface area contributed by atoms with Crippen molar-refractivity contribution < 1.29 is 0 Å². The van der Waals surface area contributed by atoms with E-state index in [1.807, 2.05) is 36.4 Å². The second-order valence-electron chi connectivity index (χ2n) is 4.56. The van der Waals surface area contributed by atoms with Crippen molar-refractivity contribution in [3.63, 3.8) is 0 Å². The highest BCUT2D eigenvalue weighted by Crippen LogP contribution is 2.34. The first-order valence-corrected chi connectivity index (χ1v) is 7.84. The molecule has 0 aliphatic carbocycles. The van der Waals surface area contributed by atoms with Crippen LogP contribution in [0.3, 0.4) is 0 Å². The Morgan fingerprint density at radius 3 is 2.50 bits per heavy atom. The molecule has 1 aromatic heterocycles. The number of thiazole rings is 1. The van der Waals surface area contributed by atoms with Crippen LogP contribution in [0.2, 0.25) is 0 Å². The summed E-state index contributed by atoms with van der Waals surface area (Å²) in [6.07, 6.45) is 0. The maximum absolute atomic E-state index is 5.73. The molecule has 0 fully saturated rings. The third-order valence-electron chi connectivity index (χ3n) is 3.05. The van der Waals surface area contributed by atoms with Crippen molar-refractivity contribution in [3.8, 4) is 21.8 Å². The fourth-order valence-corrected chi connectivity index (χ4v) is 3.39. The Morgan fingerprint density at radius 2 is 1.80 bits per heavy atom. The van der Waals surface area contributed by atoms with Crippen LogP contribution >= 0.6 is 27.3 Å². The predicted molar refractivity (Wildman–Crippen MR) is 89.8 cm³/mol. The monoisotopic (exact) mass is 344 g/mol. The quantitative estimate of drug-likeness (QED) is 0.654. The number of hydrogen-bond acceptors (Lipinski definition) is 3. The van der Waals surface area contributed by atoms with Crippen LogP contribution in [-0.4, -0.2) is 4.98 Å². The largest absolute Gasteiger partial charge is 0.399 e. The fraction of sp³-hybridized carbons (Fsp3) is 0.0625. The Hall–Kier alpha value is -1.65. The van der Waals surface area contributed by atoms with Gasteiger partial charge in [-0.3, -0.25) is 0 Å². The van der Waals surface area contributed by atoms with E-state index < -0.39 is 0 Å². The molecule has 0 spiro atoms. The number of nitrogen functional groups attached to an aromatic ring is 1. The minimum atomic E-state index is 0.772. The molecule has 4 heteroatoms. The maximum Gasteiger partial charge on any atom is 0.124 e. The summed E-state index contributed by atoms with van der Waals surface area (Å²) in [4.78, 5) is 6.00. The molecule has 1 heterocycles. The number of hydrogen-bond donors (Lipinski definition) is 1. The second-order valence-corrected chi connectivity index (χ2v) is 6.68. The first-order chi connectivity index (χ1) is 9.63. The standard InChI is InChI=1S/C16H13BrN2S/c1-10-15(12-3-2-4-13(17)9-12)19-16(20-10)11-5-7-14(18)8-6-11/h2-9H,18H2,1H3. The van der Waals surface area contributed by atoms with E-state index in [2.05, 4.69) is 35.0 Å². The highest BCUT2D eigenvalue weighted by atomic mass is 79.9. The molecule has 0 atom stereocenters. The number of anilines is 1. The molecule has 3 rings (SSSR count). The summed E-state index contributed by atoms with van der Waals surface area (Å²) >= 11 is 5.21. The fourth-order valence-electron chi connectivity index (χ4n) is 2.05. The average molecular weight is 345 g/mol. The molecule has 20 heavy (non-hydrogen) atoms. The topological polar surface area (TPSA) is 38.9 Å². The molecule has 2 nitrogen and oxygen atoms in total. The van der Waals surface area contributed by atoms with Gasteiger partial charge in [0.15, 0.2) is 0 Å². The SMILES string of the molecule is Cc1sc(-c2ccc(N)cc2)nc1-c1cccc(Br)c1. The Labute approximate surface area is 130 Å². The molecule has 2 N–H and O–H groups in total. The van der Waals surface area contributed by atoms with Crippen molar-refractivity contribution in [2.45, 2.75) is 6.92 Å². The van der Waals surface area contributed by atoms with Gasteiger partial charge < -0.3 is 5.73 Å². The zero-order valence-corrected chi connectivity index (χ0v) is 13.3. The molecule has 0 radical (unpaired) electrons. The number of aryl methyl sites for hydroxylation is 1. The summed E-state index contributed by atoms with van der Waals surface area (Å²) in [5.74, 6) is 0. The molecular weight excluding hydrogens is 332 g/mol. The average Bonchev–Trinajstić information content (AvgIpc) is 2.82. The summed E-state index contributed by atoms with van der Waals surface area (Å²) in [5.41, 5.74) is 9.78. The van der Waals surface area contributed by atoms with E-state index in [-0.39, 0.29) is 0 Å². The number of rotatable bonds is 2. The zero-order valence-electron chi connectivity index (χ0n) is 10.9. The van der Waals surface area contributed by atoms with Crippen molar-refractivity contribution in [1.29, 1.82) is 0 Å². The molecule has 0 aliphatic rings. The summed E-state index contributed by atoms with van der Waals surface area (Å²) in [6, 6.07) is 16.1. The number of aromatic nitrogens is 1. The van der Waals surface area contributed by atoms with E-state index in [0.29, 0.717) is 0 Å². The van der Waals surface area contributed by atoms with Crippen LogP contribution < -0.4 is 5.73 Å². The van der Waals surface area contributed by atoms with Gasteiger partial charge in [0.2, 0.25) is 0 Å². The summed E-state index contributed by atoms with van der Waals surface area (Å²) < 4.78 is 1.07. The lowest BCUT2D eigenvalue weighted by atomic mass is 10.1. The first-order valence-electron chi connectivity index (χ1n) is 6.23. The molecule has 0 saturated heterocycles. The normalized spacial score (nSPS) is 10.7. The molecule has 2 aromatic carbocycles. The van der Waals surface area contributed by atoms with Crippen molar-refractivity contribution >= 4 is 33.0 Å². The number of nitrogens with two attached hydrogens (primary N) is 1. The van der Waals surface area contributed by atoms with Gasteiger partial charge in [0.1, 0.15) is 5.01 Å². The Balaban J connectivity index is 2.05. The van der Waals surface area contributed by atoms with Crippen LogP contribution in [0.1, 0.15) is 4.88 Å². The Morgan fingerprint density at radius 1 is 1.05 bits per heavy atom. The van der Waals surface area contributed by atoms with Crippen LogP contribution in [-0.2, 0) is 0 Å². The van der Waals surface area contributed by atoms with E-state index >= 15 is 0 Å². The lowest BCUT2D eigenvalue weighted by Gasteiger charge is -1.99. The minimum Gasteiger partial charge on any atom is -0.399 e. The van der Waals surface area contributed by atoms with E-state index in [9.17, 15) is 0 Å². The summed E-state index contributed by atoms with van der Waals surface area (Å²) in [7, 11) is 0. The van der Waals surface area contributed by atoms with Crippen LogP contribution in [0, 0.1) is 6.92 Å². The highest BCUT2D eigenvalue weighted by Gasteiger charge is 2.11. The minimum absolute atomic E-state index is 0.772. The molecular formula is C16H13BrN2S. The lowest BCUT2D eigenvalue weighted by Crippen LogP contribution is -1.84. The Bertz CT molecular complexity index is 747. The van der Waals surface area contributed by atoms with E-state index in [4.69, 9.17) is 10.7 Å². The van der Waals surface area contributed by atoms with Crippen LogP contribution in [0.25, 0.3) is 21.8 Å². The molecule has 0 amide bonds. The van der Waals surface area contributed by atoms with Gasteiger partial charge in [0.25, 0.3) is 0 Å². The van der Waals surface area contributed by atoms with Crippen molar-refractivity contribution in [1.82, 2.24) is 4.98 Å². The molecule has 0 aliphatic heterocycles. The van der Waals surface area contributed by atoms with Crippen LogP contribution in [0.5, 0.6) is 0 Å². The van der Waals surface area contributed by atoms with Gasteiger partial charge in [-0.1, -0.05) is 28.1 Å². The molecule has 100 valence electrons. The molecule has 0 unspecified atom stereocenters. The van der Waals surface area contributed by atoms with E-state index in [1.54, 1.807) is 11.3 Å². The van der Waals surface area contributed by atoms with Gasteiger partial charge >= 0.3 is 0 Å². The van der Waals surface area contributed by atoms with Gasteiger partial charge in [-0.15, -0.1) is 11.3 Å². The molecule has 3 aromatic rings. The van der Waals surface area contributed by atoms with Crippen LogP contribution in [0.4, 0.5) is 5.69 Å². The summed E-state index contributed by atoms with van der Waals surface area (Å²) in [6.45, 7) is 2.11. The zero-order chi connectivity index (χ0) is 14.1. The third kappa shape index (κ3) is 2.62.